The molecular formula is C19H31NO. The van der Waals surface area contributed by atoms with E-state index in [1.165, 1.54) is 55.2 Å². The summed E-state index contributed by atoms with van der Waals surface area (Å²) in [7, 11) is 1.77. The van der Waals surface area contributed by atoms with Crippen molar-refractivity contribution in [3.05, 3.63) is 28.8 Å². The highest BCUT2D eigenvalue weighted by Crippen LogP contribution is 2.36. The average molecular weight is 289 g/mol. The van der Waals surface area contributed by atoms with Gasteiger partial charge in [-0.1, -0.05) is 44.7 Å². The molecule has 21 heavy (non-hydrogen) atoms. The van der Waals surface area contributed by atoms with Crippen molar-refractivity contribution in [1.29, 1.82) is 0 Å². The quantitative estimate of drug-likeness (QED) is 0.776. The summed E-state index contributed by atoms with van der Waals surface area (Å²) in [6, 6.07) is 5.14. The first kappa shape index (κ1) is 16.4. The summed E-state index contributed by atoms with van der Waals surface area (Å²) >= 11 is 0. The van der Waals surface area contributed by atoms with E-state index < -0.39 is 0 Å². The zero-order chi connectivity index (χ0) is 15.2. The summed E-state index contributed by atoms with van der Waals surface area (Å²) in [6.45, 7) is 7.56. The normalized spacial score (nSPS) is 18.3. The second kappa shape index (κ2) is 7.84. The molecule has 118 valence electrons. The van der Waals surface area contributed by atoms with Crippen LogP contribution in [-0.2, 0) is 0 Å². The molecule has 2 rings (SSSR count). The molecule has 0 radical (unpaired) electrons. The minimum absolute atomic E-state index is 0.497. The van der Waals surface area contributed by atoms with E-state index in [4.69, 9.17) is 4.74 Å². The number of benzene rings is 1. The van der Waals surface area contributed by atoms with Crippen molar-refractivity contribution in [3.63, 3.8) is 0 Å². The molecule has 2 nitrogen and oxygen atoms in total. The SMILES string of the molecule is CCNC(c1cc(C)c(OC)c(C)c1)C1CCCCCC1. The van der Waals surface area contributed by atoms with E-state index in [1.54, 1.807) is 7.11 Å². The van der Waals surface area contributed by atoms with Crippen molar-refractivity contribution in [2.45, 2.75) is 65.3 Å². The molecule has 1 fully saturated rings. The Kier molecular flexibility index (Phi) is 6.10. The molecule has 2 heteroatoms. The van der Waals surface area contributed by atoms with E-state index in [2.05, 4.69) is 38.2 Å². The lowest BCUT2D eigenvalue weighted by atomic mass is 9.86. The highest BCUT2D eigenvalue weighted by molar-refractivity contribution is 5.44. The van der Waals surface area contributed by atoms with Crippen molar-refractivity contribution in [2.75, 3.05) is 13.7 Å². The van der Waals surface area contributed by atoms with Crippen LogP contribution in [0.4, 0.5) is 0 Å². The molecule has 0 heterocycles. The van der Waals surface area contributed by atoms with Crippen molar-refractivity contribution in [3.8, 4) is 5.75 Å². The van der Waals surface area contributed by atoms with Gasteiger partial charge < -0.3 is 10.1 Å². The molecule has 1 aromatic carbocycles. The van der Waals surface area contributed by atoms with Crippen molar-refractivity contribution in [1.82, 2.24) is 5.32 Å². The van der Waals surface area contributed by atoms with Crippen molar-refractivity contribution >= 4 is 0 Å². The molecule has 0 bridgehead atoms. The largest absolute Gasteiger partial charge is 0.496 e. The third-order valence-corrected chi connectivity index (χ3v) is 4.84. The number of ether oxygens (including phenoxy) is 1. The summed E-state index contributed by atoms with van der Waals surface area (Å²) in [6.07, 6.45) is 8.33. The van der Waals surface area contributed by atoms with E-state index in [0.717, 1.165) is 18.2 Å². The Morgan fingerprint density at radius 2 is 1.67 bits per heavy atom. The molecule has 1 atom stereocenters. The van der Waals surface area contributed by atoms with Gasteiger partial charge in [-0.2, -0.15) is 0 Å². The molecule has 1 unspecified atom stereocenters. The zero-order valence-corrected chi connectivity index (χ0v) is 14.2. The van der Waals surface area contributed by atoms with Gasteiger partial charge >= 0.3 is 0 Å². The Morgan fingerprint density at radius 3 is 2.14 bits per heavy atom. The van der Waals surface area contributed by atoms with Gasteiger partial charge in [0.05, 0.1) is 7.11 Å². The molecule has 1 aliphatic carbocycles. The summed E-state index contributed by atoms with van der Waals surface area (Å²) in [5, 5.41) is 3.75. The van der Waals surface area contributed by atoms with Gasteiger partial charge in [-0.15, -0.1) is 0 Å². The van der Waals surface area contributed by atoms with Gasteiger partial charge in [-0.25, -0.2) is 0 Å². The molecule has 0 aromatic heterocycles. The molecule has 0 spiro atoms. The van der Waals surface area contributed by atoms with Gasteiger partial charge in [-0.3, -0.25) is 0 Å². The lowest BCUT2D eigenvalue weighted by Crippen LogP contribution is -2.28. The number of hydrogen-bond acceptors (Lipinski definition) is 2. The number of aryl methyl sites for hydroxylation is 2. The second-order valence-electron chi connectivity index (χ2n) is 6.47. The van der Waals surface area contributed by atoms with Crippen LogP contribution in [0, 0.1) is 19.8 Å². The topological polar surface area (TPSA) is 21.3 Å². The van der Waals surface area contributed by atoms with Gasteiger partial charge in [0.15, 0.2) is 0 Å². The van der Waals surface area contributed by atoms with E-state index in [9.17, 15) is 0 Å². The fraction of sp³-hybridized carbons (Fsp3) is 0.684. The summed E-state index contributed by atoms with van der Waals surface area (Å²) < 4.78 is 5.52. The number of nitrogens with one attached hydrogen (secondary N) is 1. The van der Waals surface area contributed by atoms with Gasteiger partial charge in [-0.05, 0) is 55.8 Å². The second-order valence-corrected chi connectivity index (χ2v) is 6.47. The van der Waals surface area contributed by atoms with Crippen LogP contribution in [-0.4, -0.2) is 13.7 Å². The van der Waals surface area contributed by atoms with Crippen LogP contribution in [0.5, 0.6) is 5.75 Å². The standard InChI is InChI=1S/C19H31NO/c1-5-20-18(16-10-8-6-7-9-11-16)17-12-14(2)19(21-4)15(3)13-17/h12-13,16,18,20H,5-11H2,1-4H3. The highest BCUT2D eigenvalue weighted by Gasteiger charge is 2.24. The van der Waals surface area contributed by atoms with Crippen LogP contribution < -0.4 is 10.1 Å². The summed E-state index contributed by atoms with van der Waals surface area (Å²) in [5.74, 6) is 1.81. The van der Waals surface area contributed by atoms with E-state index in [1.807, 2.05) is 0 Å². The monoisotopic (exact) mass is 289 g/mol. The van der Waals surface area contributed by atoms with Crippen LogP contribution in [0.1, 0.15) is 68.2 Å². The molecular weight excluding hydrogens is 258 g/mol. The van der Waals surface area contributed by atoms with Crippen LogP contribution in [0.15, 0.2) is 12.1 Å². The van der Waals surface area contributed by atoms with Gasteiger partial charge in [0, 0.05) is 6.04 Å². The molecule has 1 aromatic rings. The fourth-order valence-corrected chi connectivity index (χ4v) is 3.91. The van der Waals surface area contributed by atoms with Crippen molar-refractivity contribution < 1.29 is 4.74 Å². The first-order chi connectivity index (χ1) is 10.2. The van der Waals surface area contributed by atoms with Crippen LogP contribution in [0.25, 0.3) is 0 Å². The highest BCUT2D eigenvalue weighted by atomic mass is 16.5. The molecule has 1 aliphatic rings. The number of rotatable bonds is 5. The third kappa shape index (κ3) is 4.00. The molecule has 0 amide bonds. The fourth-order valence-electron chi connectivity index (χ4n) is 3.91. The maximum absolute atomic E-state index is 5.52. The Morgan fingerprint density at radius 1 is 1.10 bits per heavy atom. The molecule has 1 N–H and O–H groups in total. The molecule has 1 saturated carbocycles. The van der Waals surface area contributed by atoms with Gasteiger partial charge in [0.2, 0.25) is 0 Å². The Labute approximate surface area is 130 Å². The molecule has 0 saturated heterocycles. The summed E-state index contributed by atoms with van der Waals surface area (Å²) in [5.41, 5.74) is 3.95. The van der Waals surface area contributed by atoms with Crippen LogP contribution in [0.2, 0.25) is 0 Å². The van der Waals surface area contributed by atoms with Crippen LogP contribution in [0.3, 0.4) is 0 Å². The number of hydrogen-bond donors (Lipinski definition) is 1. The third-order valence-electron chi connectivity index (χ3n) is 4.84. The van der Waals surface area contributed by atoms with E-state index in [-0.39, 0.29) is 0 Å². The predicted molar refractivity (Wildman–Crippen MR) is 90.1 cm³/mol. The van der Waals surface area contributed by atoms with Crippen LogP contribution >= 0.6 is 0 Å². The van der Waals surface area contributed by atoms with Crippen molar-refractivity contribution in [2.24, 2.45) is 5.92 Å². The first-order valence-electron chi connectivity index (χ1n) is 8.55. The zero-order valence-electron chi connectivity index (χ0n) is 14.2. The smallest absolute Gasteiger partial charge is 0.124 e. The average Bonchev–Trinajstić information content (AvgIpc) is 2.73. The Balaban J connectivity index is 2.28. The number of methoxy groups -OCH3 is 1. The van der Waals surface area contributed by atoms with E-state index in [0.29, 0.717) is 6.04 Å². The maximum Gasteiger partial charge on any atom is 0.124 e. The lowest BCUT2D eigenvalue weighted by molar-refractivity contribution is 0.329. The van der Waals surface area contributed by atoms with Gasteiger partial charge in [0.1, 0.15) is 5.75 Å². The maximum atomic E-state index is 5.52. The lowest BCUT2D eigenvalue weighted by Gasteiger charge is -2.28. The Hall–Kier alpha value is -1.02. The predicted octanol–water partition coefficient (Wildman–Crippen LogP) is 4.93. The van der Waals surface area contributed by atoms with E-state index >= 15 is 0 Å². The Bertz CT molecular complexity index is 424. The first-order valence-corrected chi connectivity index (χ1v) is 8.55. The summed E-state index contributed by atoms with van der Waals surface area (Å²) in [4.78, 5) is 0. The molecule has 0 aliphatic heterocycles. The minimum Gasteiger partial charge on any atom is -0.496 e. The van der Waals surface area contributed by atoms with Gasteiger partial charge in [0.25, 0.3) is 0 Å². The minimum atomic E-state index is 0.497.